The Labute approximate surface area is 89.7 Å². The van der Waals surface area contributed by atoms with Crippen molar-refractivity contribution in [3.63, 3.8) is 0 Å². The molecule has 0 fully saturated rings. The van der Waals surface area contributed by atoms with Crippen molar-refractivity contribution in [2.24, 2.45) is 0 Å². The normalized spacial score (nSPS) is 9.80. The molecule has 4 heteroatoms. The van der Waals surface area contributed by atoms with Crippen molar-refractivity contribution in [2.45, 2.75) is 26.4 Å². The molecule has 3 N–H and O–H groups in total. The third kappa shape index (κ3) is 8.62. The molecule has 0 unspecified atom stereocenters. The van der Waals surface area contributed by atoms with Gasteiger partial charge in [0.2, 0.25) is 0 Å². The zero-order valence-electron chi connectivity index (χ0n) is 9.23. The fraction of sp³-hybridized carbons (Fsp3) is 0.364. The Morgan fingerprint density at radius 1 is 1.27 bits per heavy atom. The summed E-state index contributed by atoms with van der Waals surface area (Å²) in [5.41, 5.74) is 5.67. The van der Waals surface area contributed by atoms with Crippen LogP contribution in [0.1, 0.15) is 20.8 Å². The molecule has 0 saturated carbocycles. The number of nitrogen functional groups attached to an aromatic ring is 1. The molecule has 0 heterocycles. The van der Waals surface area contributed by atoms with Gasteiger partial charge in [-0.1, -0.05) is 0 Å². The summed E-state index contributed by atoms with van der Waals surface area (Å²) < 4.78 is 4.55. The van der Waals surface area contributed by atoms with E-state index in [1.165, 1.54) is 0 Å². The maximum absolute atomic E-state index is 9.60. The predicted octanol–water partition coefficient (Wildman–Crippen LogP) is 1.93. The molecule has 0 spiro atoms. The number of hydrogen-bond donors (Lipinski definition) is 2. The van der Waals surface area contributed by atoms with Gasteiger partial charge in [-0.25, -0.2) is 0 Å². The molecule has 15 heavy (non-hydrogen) atoms. The average Bonchev–Trinajstić information content (AvgIpc) is 2.09. The average molecular weight is 211 g/mol. The highest BCUT2D eigenvalue weighted by Crippen LogP contribution is 2.09. The standard InChI is InChI=1S/C6H7NO.C5H10O2/c7-5-1-3-6(8)4-2-5;1-5(2,3)7-4-6/h1-4,8H,7H2;4H,1-3H3. The molecule has 0 bridgehead atoms. The molecular weight excluding hydrogens is 194 g/mol. The molecule has 0 radical (unpaired) electrons. The van der Waals surface area contributed by atoms with Crippen LogP contribution in [0.5, 0.6) is 5.75 Å². The highest BCUT2D eigenvalue weighted by molar-refractivity contribution is 5.40. The molecule has 0 aliphatic carbocycles. The highest BCUT2D eigenvalue weighted by atomic mass is 16.5. The van der Waals surface area contributed by atoms with Gasteiger partial charge >= 0.3 is 0 Å². The van der Waals surface area contributed by atoms with E-state index in [-0.39, 0.29) is 11.4 Å². The molecule has 1 aromatic rings. The lowest BCUT2D eigenvalue weighted by Crippen LogP contribution is -2.17. The lowest BCUT2D eigenvalue weighted by molar-refractivity contribution is -0.138. The number of anilines is 1. The first-order chi connectivity index (χ1) is 6.85. The number of carbonyl (C=O) groups is 1. The number of benzene rings is 1. The maximum atomic E-state index is 9.60. The molecule has 4 nitrogen and oxygen atoms in total. The van der Waals surface area contributed by atoms with E-state index in [1.807, 2.05) is 20.8 Å². The van der Waals surface area contributed by atoms with Gasteiger partial charge in [0.15, 0.2) is 0 Å². The van der Waals surface area contributed by atoms with Crippen LogP contribution in [0.2, 0.25) is 0 Å². The van der Waals surface area contributed by atoms with Gasteiger partial charge in [0.05, 0.1) is 0 Å². The number of rotatable bonds is 1. The van der Waals surface area contributed by atoms with E-state index in [0.717, 1.165) is 0 Å². The van der Waals surface area contributed by atoms with Gasteiger partial charge in [-0.05, 0) is 45.0 Å². The summed E-state index contributed by atoms with van der Waals surface area (Å²) in [5.74, 6) is 0.249. The Morgan fingerprint density at radius 3 is 1.93 bits per heavy atom. The number of ether oxygens (including phenoxy) is 1. The topological polar surface area (TPSA) is 72.5 Å². The van der Waals surface area contributed by atoms with Crippen molar-refractivity contribution in [3.8, 4) is 5.75 Å². The van der Waals surface area contributed by atoms with E-state index in [9.17, 15) is 4.79 Å². The quantitative estimate of drug-likeness (QED) is 0.423. The zero-order chi connectivity index (χ0) is 11.9. The number of aromatic hydroxyl groups is 1. The fourth-order valence-electron chi connectivity index (χ4n) is 0.619. The number of phenolic OH excluding ortho intramolecular Hbond substituents is 1. The van der Waals surface area contributed by atoms with E-state index in [1.54, 1.807) is 24.3 Å². The number of phenols is 1. The van der Waals surface area contributed by atoms with Crippen molar-refractivity contribution >= 4 is 12.2 Å². The van der Waals surface area contributed by atoms with Crippen LogP contribution in [0.3, 0.4) is 0 Å². The minimum Gasteiger partial charge on any atom is -0.508 e. The Balaban J connectivity index is 0.000000265. The highest BCUT2D eigenvalue weighted by Gasteiger charge is 2.07. The SMILES string of the molecule is CC(C)(C)OC=O.Nc1ccc(O)cc1. The number of carbonyl (C=O) groups excluding carboxylic acids is 1. The Morgan fingerprint density at radius 2 is 1.73 bits per heavy atom. The van der Waals surface area contributed by atoms with E-state index in [4.69, 9.17) is 10.8 Å². The van der Waals surface area contributed by atoms with Gasteiger partial charge in [0, 0.05) is 5.69 Å². The van der Waals surface area contributed by atoms with Crippen LogP contribution in [0.25, 0.3) is 0 Å². The van der Waals surface area contributed by atoms with Crippen LogP contribution in [-0.2, 0) is 9.53 Å². The third-order valence-corrected chi connectivity index (χ3v) is 1.29. The molecule has 0 aliphatic rings. The number of nitrogens with two attached hydrogens (primary N) is 1. The molecule has 0 aromatic heterocycles. The second-order valence-electron chi connectivity index (χ2n) is 3.92. The minimum absolute atomic E-state index is 0.249. The first-order valence-corrected chi connectivity index (χ1v) is 4.51. The van der Waals surface area contributed by atoms with E-state index < -0.39 is 0 Å². The largest absolute Gasteiger partial charge is 0.508 e. The smallest absolute Gasteiger partial charge is 0.293 e. The van der Waals surface area contributed by atoms with Crippen LogP contribution < -0.4 is 5.73 Å². The lowest BCUT2D eigenvalue weighted by atomic mass is 10.2. The summed E-state index contributed by atoms with van der Waals surface area (Å²) in [5, 5.41) is 8.70. The van der Waals surface area contributed by atoms with Crippen LogP contribution in [-0.4, -0.2) is 17.2 Å². The molecule has 1 rings (SSSR count). The van der Waals surface area contributed by atoms with Crippen LogP contribution in [0.15, 0.2) is 24.3 Å². The Bertz CT molecular complexity index is 267. The molecule has 0 saturated heterocycles. The second kappa shape index (κ2) is 5.90. The lowest BCUT2D eigenvalue weighted by Gasteiger charge is -2.14. The summed E-state index contributed by atoms with van der Waals surface area (Å²) in [6.07, 6.45) is 0. The Hall–Kier alpha value is -1.71. The van der Waals surface area contributed by atoms with Gasteiger partial charge in [-0.3, -0.25) is 4.79 Å². The van der Waals surface area contributed by atoms with Gasteiger partial charge in [0.25, 0.3) is 6.47 Å². The second-order valence-corrected chi connectivity index (χ2v) is 3.92. The van der Waals surface area contributed by atoms with Crippen LogP contribution in [0.4, 0.5) is 5.69 Å². The van der Waals surface area contributed by atoms with E-state index >= 15 is 0 Å². The molecule has 1 aromatic carbocycles. The van der Waals surface area contributed by atoms with Crippen molar-refractivity contribution in [1.82, 2.24) is 0 Å². The monoisotopic (exact) mass is 211 g/mol. The van der Waals surface area contributed by atoms with E-state index in [0.29, 0.717) is 12.2 Å². The van der Waals surface area contributed by atoms with Gasteiger partial charge < -0.3 is 15.6 Å². The summed E-state index contributed by atoms with van der Waals surface area (Å²) >= 11 is 0. The maximum Gasteiger partial charge on any atom is 0.293 e. The van der Waals surface area contributed by atoms with Crippen molar-refractivity contribution in [1.29, 1.82) is 0 Å². The molecule has 0 atom stereocenters. The minimum atomic E-state index is -0.318. The van der Waals surface area contributed by atoms with Gasteiger partial charge in [-0.2, -0.15) is 0 Å². The van der Waals surface area contributed by atoms with Crippen molar-refractivity contribution in [2.75, 3.05) is 5.73 Å². The Kier molecular flexibility index (Phi) is 5.23. The number of hydrogen-bond acceptors (Lipinski definition) is 4. The van der Waals surface area contributed by atoms with Crippen LogP contribution >= 0.6 is 0 Å². The molecule has 84 valence electrons. The van der Waals surface area contributed by atoms with Crippen molar-refractivity contribution in [3.05, 3.63) is 24.3 Å². The summed E-state index contributed by atoms with van der Waals surface area (Å²) in [6.45, 7) is 5.92. The summed E-state index contributed by atoms with van der Waals surface area (Å²) in [7, 11) is 0. The molecular formula is C11H17NO3. The van der Waals surface area contributed by atoms with Gasteiger partial charge in [0.1, 0.15) is 11.4 Å². The first-order valence-electron chi connectivity index (χ1n) is 4.51. The summed E-state index contributed by atoms with van der Waals surface area (Å²) in [4.78, 5) is 9.60. The van der Waals surface area contributed by atoms with Crippen molar-refractivity contribution < 1.29 is 14.6 Å². The summed E-state index contributed by atoms with van der Waals surface area (Å²) in [6, 6.07) is 6.40. The van der Waals surface area contributed by atoms with Gasteiger partial charge in [-0.15, -0.1) is 0 Å². The van der Waals surface area contributed by atoms with Crippen LogP contribution in [0, 0.1) is 0 Å². The molecule has 0 amide bonds. The zero-order valence-corrected chi connectivity index (χ0v) is 9.23. The fourth-order valence-corrected chi connectivity index (χ4v) is 0.619. The van der Waals surface area contributed by atoms with E-state index in [2.05, 4.69) is 4.74 Å². The molecule has 0 aliphatic heterocycles. The first kappa shape index (κ1) is 13.3. The predicted molar refractivity (Wildman–Crippen MR) is 59.4 cm³/mol. The third-order valence-electron chi connectivity index (χ3n) is 1.29.